The Hall–Kier alpha value is -0.950. The minimum atomic E-state index is 0. The van der Waals surface area contributed by atoms with Crippen LogP contribution in [0.1, 0.15) is 26.3 Å². The molecule has 1 amide bonds. The minimum Gasteiger partial charge on any atom is -1.00 e. The van der Waals surface area contributed by atoms with E-state index in [1.165, 1.54) is 5.56 Å². The number of ether oxygens (including phenoxy) is 1. The molecule has 0 unspecified atom stereocenters. The Labute approximate surface area is 217 Å². The van der Waals surface area contributed by atoms with Crippen molar-refractivity contribution in [3.8, 4) is 5.75 Å². The van der Waals surface area contributed by atoms with Gasteiger partial charge in [0.2, 0.25) is 5.91 Å². The Morgan fingerprint density at radius 3 is 2.65 bits per heavy atom. The van der Waals surface area contributed by atoms with Crippen LogP contribution in [-0.2, 0) is 11.2 Å². The van der Waals surface area contributed by atoms with Crippen molar-refractivity contribution in [2.24, 2.45) is 0 Å². The summed E-state index contributed by atoms with van der Waals surface area (Å²) >= 11 is 12.5. The Morgan fingerprint density at radius 2 is 1.84 bits per heavy atom. The fourth-order valence-electron chi connectivity index (χ4n) is 4.02. The molecule has 0 saturated carbocycles. The summed E-state index contributed by atoms with van der Waals surface area (Å²) in [6.45, 7) is 5.71. The molecular weight excluding hydrogens is 444 g/mol. The average Bonchev–Trinajstić information content (AvgIpc) is 2.76. The van der Waals surface area contributed by atoms with Gasteiger partial charge in [-0.1, -0.05) is 35.3 Å². The van der Waals surface area contributed by atoms with Crippen LogP contribution in [0.5, 0.6) is 5.75 Å². The van der Waals surface area contributed by atoms with Gasteiger partial charge in [0, 0.05) is 44.4 Å². The Morgan fingerprint density at radius 1 is 1.03 bits per heavy atom. The number of carbonyl (C=O) groups excluding carboxylic acids is 1. The number of anilines is 2. The summed E-state index contributed by atoms with van der Waals surface area (Å²) in [6.07, 6.45) is 3.47. The molecule has 0 radical (unpaired) electrons. The molecule has 162 valence electrons. The number of hydrogen-bond acceptors (Lipinski definition) is 4. The smallest absolute Gasteiger partial charge is 1.00 e. The van der Waals surface area contributed by atoms with Crippen LogP contribution in [0.15, 0.2) is 36.4 Å². The molecule has 0 atom stereocenters. The number of piperazine rings is 1. The van der Waals surface area contributed by atoms with E-state index in [4.69, 9.17) is 27.9 Å². The topological polar surface area (TPSA) is 44.8 Å². The van der Waals surface area contributed by atoms with Crippen molar-refractivity contribution in [3.63, 3.8) is 0 Å². The van der Waals surface area contributed by atoms with Crippen LogP contribution in [0.4, 0.5) is 11.4 Å². The van der Waals surface area contributed by atoms with Gasteiger partial charge in [-0.3, -0.25) is 9.69 Å². The third kappa shape index (κ3) is 6.53. The normalized spacial score (nSPS) is 16.3. The van der Waals surface area contributed by atoms with Crippen LogP contribution in [0.25, 0.3) is 0 Å². The van der Waals surface area contributed by atoms with Gasteiger partial charge >= 0.3 is 29.6 Å². The fraction of sp³-hybridized carbons (Fsp3) is 0.435. The maximum absolute atomic E-state index is 11.5. The van der Waals surface area contributed by atoms with Crippen LogP contribution < -0.4 is 44.5 Å². The van der Waals surface area contributed by atoms with E-state index in [1.54, 1.807) is 0 Å². The Bertz CT molecular complexity index is 911. The third-order valence-corrected chi connectivity index (χ3v) is 6.57. The number of carbonyl (C=O) groups is 1. The summed E-state index contributed by atoms with van der Waals surface area (Å²) in [5.41, 5.74) is 3.10. The van der Waals surface area contributed by atoms with E-state index >= 15 is 0 Å². The van der Waals surface area contributed by atoms with Crippen molar-refractivity contribution >= 4 is 40.5 Å². The molecule has 5 nitrogen and oxygen atoms in total. The van der Waals surface area contributed by atoms with Crippen LogP contribution in [0.2, 0.25) is 10.0 Å². The molecule has 2 aromatic rings. The van der Waals surface area contributed by atoms with E-state index in [0.29, 0.717) is 23.1 Å². The van der Waals surface area contributed by atoms with Gasteiger partial charge in [-0.25, -0.2) is 0 Å². The summed E-state index contributed by atoms with van der Waals surface area (Å²) < 4.78 is 5.89. The first-order chi connectivity index (χ1) is 14.6. The number of aryl methyl sites for hydroxylation is 1. The Balaban J connectivity index is 0.00000181. The second-order valence-electron chi connectivity index (χ2n) is 7.82. The number of halogens is 2. The molecule has 2 heterocycles. The van der Waals surface area contributed by atoms with E-state index in [2.05, 4.69) is 21.2 Å². The summed E-state index contributed by atoms with van der Waals surface area (Å²) in [5, 5.41) is 4.18. The van der Waals surface area contributed by atoms with E-state index in [-0.39, 0.29) is 36.9 Å². The summed E-state index contributed by atoms with van der Waals surface area (Å²) in [5.74, 6) is 0.903. The second-order valence-corrected chi connectivity index (χ2v) is 8.61. The zero-order valence-corrected chi connectivity index (χ0v) is 21.5. The predicted octanol–water partition coefficient (Wildman–Crippen LogP) is 1.98. The molecular formula is C23H28Cl2N3NaO2. The van der Waals surface area contributed by atoms with Crippen molar-refractivity contribution in [1.29, 1.82) is 0 Å². The standard InChI is InChI=1S/C23H27Cl2N3O2.Na.H/c24-19-4-3-5-21(23(19)25)28-13-11-27(12-14-28)10-1-2-15-30-18-8-6-17-7-9-22(29)26-20(17)16-18;;/h3-6,8,16H,1-2,7,9-15H2,(H,26,29);;/q;+1;-1. The maximum Gasteiger partial charge on any atom is 1.00 e. The van der Waals surface area contributed by atoms with Gasteiger partial charge in [0.15, 0.2) is 0 Å². The molecule has 2 aliphatic rings. The molecule has 2 aliphatic heterocycles. The number of fused-ring (bicyclic) bond motifs is 1. The van der Waals surface area contributed by atoms with Crippen LogP contribution in [-0.4, -0.2) is 50.1 Å². The second kappa shape index (κ2) is 11.8. The molecule has 1 saturated heterocycles. The molecule has 0 aliphatic carbocycles. The van der Waals surface area contributed by atoms with Crippen molar-refractivity contribution in [2.75, 3.05) is 49.5 Å². The molecule has 0 bridgehead atoms. The summed E-state index contributed by atoms with van der Waals surface area (Å²) in [7, 11) is 0. The largest absolute Gasteiger partial charge is 1.00 e. The molecule has 1 N–H and O–H groups in total. The van der Waals surface area contributed by atoms with E-state index in [0.717, 1.165) is 69.1 Å². The maximum atomic E-state index is 11.5. The van der Waals surface area contributed by atoms with E-state index in [1.807, 2.05) is 30.3 Å². The van der Waals surface area contributed by atoms with Gasteiger partial charge in [-0.15, -0.1) is 0 Å². The van der Waals surface area contributed by atoms with E-state index < -0.39 is 0 Å². The molecule has 4 rings (SSSR count). The van der Waals surface area contributed by atoms with Crippen molar-refractivity contribution < 1.29 is 40.5 Å². The van der Waals surface area contributed by atoms with Gasteiger partial charge in [0.05, 0.1) is 22.3 Å². The first-order valence-electron chi connectivity index (χ1n) is 10.6. The fourth-order valence-corrected chi connectivity index (χ4v) is 4.43. The number of nitrogens with zero attached hydrogens (tertiary/aromatic N) is 2. The molecule has 1 fully saturated rings. The van der Waals surface area contributed by atoms with Crippen LogP contribution >= 0.6 is 23.2 Å². The van der Waals surface area contributed by atoms with Gasteiger partial charge in [-0.2, -0.15) is 0 Å². The first-order valence-corrected chi connectivity index (χ1v) is 11.3. The quantitative estimate of drug-likeness (QED) is 0.495. The number of hydrogen-bond donors (Lipinski definition) is 1. The predicted molar refractivity (Wildman–Crippen MR) is 124 cm³/mol. The van der Waals surface area contributed by atoms with Crippen molar-refractivity contribution in [2.45, 2.75) is 25.7 Å². The van der Waals surface area contributed by atoms with Crippen molar-refractivity contribution in [3.05, 3.63) is 52.0 Å². The number of amides is 1. The van der Waals surface area contributed by atoms with Crippen LogP contribution in [0.3, 0.4) is 0 Å². The monoisotopic (exact) mass is 471 g/mol. The molecule has 8 heteroatoms. The summed E-state index contributed by atoms with van der Waals surface area (Å²) in [6, 6.07) is 11.8. The first kappa shape index (κ1) is 24.7. The van der Waals surface area contributed by atoms with Gasteiger partial charge in [0.1, 0.15) is 5.75 Å². The molecule has 0 aromatic heterocycles. The van der Waals surface area contributed by atoms with Crippen LogP contribution in [0, 0.1) is 0 Å². The van der Waals surface area contributed by atoms with Gasteiger partial charge in [0.25, 0.3) is 0 Å². The number of rotatable bonds is 7. The number of nitrogens with one attached hydrogen (secondary N) is 1. The van der Waals surface area contributed by atoms with Crippen molar-refractivity contribution in [1.82, 2.24) is 4.90 Å². The Kier molecular flexibility index (Phi) is 9.38. The third-order valence-electron chi connectivity index (χ3n) is 5.76. The van der Waals surface area contributed by atoms with Gasteiger partial charge in [-0.05, 0) is 49.6 Å². The molecule has 2 aromatic carbocycles. The SMILES string of the molecule is O=C1CCc2ccc(OCCCCN3CCN(c4cccc(Cl)c4Cl)CC3)cc2N1.[H-].[Na+]. The minimum absolute atomic E-state index is 0. The van der Waals surface area contributed by atoms with Gasteiger partial charge < -0.3 is 16.4 Å². The average molecular weight is 472 g/mol. The zero-order chi connectivity index (χ0) is 20.9. The number of benzene rings is 2. The number of unbranched alkanes of at least 4 members (excludes halogenated alkanes) is 1. The molecule has 31 heavy (non-hydrogen) atoms. The zero-order valence-electron chi connectivity index (χ0n) is 19.0. The van der Waals surface area contributed by atoms with E-state index in [9.17, 15) is 4.79 Å². The summed E-state index contributed by atoms with van der Waals surface area (Å²) in [4.78, 5) is 16.3. The molecule has 0 spiro atoms.